The summed E-state index contributed by atoms with van der Waals surface area (Å²) < 4.78 is 5.54. The molecule has 0 N–H and O–H groups in total. The SMILES string of the molecule is COC(=O)C1CCCN(C(=O)c2ccccc2Br)C1. The highest BCUT2D eigenvalue weighted by molar-refractivity contribution is 9.10. The number of rotatable bonds is 2. The van der Waals surface area contributed by atoms with E-state index in [4.69, 9.17) is 4.74 Å². The average molecular weight is 326 g/mol. The first-order valence-corrected chi connectivity index (χ1v) is 7.04. The van der Waals surface area contributed by atoms with Crippen molar-refractivity contribution in [2.45, 2.75) is 12.8 Å². The molecule has 0 radical (unpaired) electrons. The van der Waals surface area contributed by atoms with Crippen LogP contribution in [0.15, 0.2) is 28.7 Å². The maximum absolute atomic E-state index is 12.4. The third-order valence-electron chi connectivity index (χ3n) is 3.35. The van der Waals surface area contributed by atoms with Gasteiger partial charge in [0, 0.05) is 17.6 Å². The summed E-state index contributed by atoms with van der Waals surface area (Å²) in [7, 11) is 1.39. The number of likely N-dealkylation sites (tertiary alicyclic amines) is 1. The molecular formula is C14H16BrNO3. The second-order valence-corrected chi connectivity index (χ2v) is 5.45. The van der Waals surface area contributed by atoms with Crippen molar-refractivity contribution in [2.75, 3.05) is 20.2 Å². The molecule has 5 heteroatoms. The predicted molar refractivity (Wildman–Crippen MR) is 74.8 cm³/mol. The van der Waals surface area contributed by atoms with Gasteiger partial charge >= 0.3 is 5.97 Å². The zero-order chi connectivity index (χ0) is 13.8. The molecule has 0 aliphatic carbocycles. The second kappa shape index (κ2) is 6.19. The normalized spacial score (nSPS) is 19.1. The molecule has 1 aliphatic heterocycles. The van der Waals surface area contributed by atoms with Crippen molar-refractivity contribution in [3.05, 3.63) is 34.3 Å². The highest BCUT2D eigenvalue weighted by Gasteiger charge is 2.29. The van der Waals surface area contributed by atoms with E-state index in [9.17, 15) is 9.59 Å². The summed E-state index contributed by atoms with van der Waals surface area (Å²) in [5, 5.41) is 0. The lowest BCUT2D eigenvalue weighted by Gasteiger charge is -2.31. The lowest BCUT2D eigenvalue weighted by Crippen LogP contribution is -2.42. The molecule has 1 saturated heterocycles. The quantitative estimate of drug-likeness (QED) is 0.785. The summed E-state index contributed by atoms with van der Waals surface area (Å²) in [4.78, 5) is 25.7. The molecule has 0 aromatic heterocycles. The molecule has 1 aromatic carbocycles. The Bertz CT molecular complexity index is 489. The number of hydrogen-bond acceptors (Lipinski definition) is 3. The first-order valence-electron chi connectivity index (χ1n) is 6.25. The highest BCUT2D eigenvalue weighted by atomic mass is 79.9. The Labute approximate surface area is 120 Å². The van der Waals surface area contributed by atoms with Crippen LogP contribution in [0.25, 0.3) is 0 Å². The summed E-state index contributed by atoms with van der Waals surface area (Å²) in [6, 6.07) is 7.33. The highest BCUT2D eigenvalue weighted by Crippen LogP contribution is 2.23. The van der Waals surface area contributed by atoms with Gasteiger partial charge in [-0.05, 0) is 40.9 Å². The molecule has 19 heavy (non-hydrogen) atoms. The maximum atomic E-state index is 12.4. The van der Waals surface area contributed by atoms with Gasteiger partial charge < -0.3 is 9.64 Å². The van der Waals surface area contributed by atoms with Gasteiger partial charge in [0.15, 0.2) is 0 Å². The van der Waals surface area contributed by atoms with E-state index in [0.29, 0.717) is 18.7 Å². The molecule has 102 valence electrons. The van der Waals surface area contributed by atoms with Crippen molar-refractivity contribution in [3.63, 3.8) is 0 Å². The van der Waals surface area contributed by atoms with Crippen LogP contribution >= 0.6 is 15.9 Å². The van der Waals surface area contributed by atoms with Crippen molar-refractivity contribution in [1.82, 2.24) is 4.90 Å². The van der Waals surface area contributed by atoms with E-state index < -0.39 is 0 Å². The molecule has 1 heterocycles. The fourth-order valence-corrected chi connectivity index (χ4v) is 2.78. The van der Waals surface area contributed by atoms with Crippen LogP contribution in [0.1, 0.15) is 23.2 Å². The minimum atomic E-state index is -0.232. The number of benzene rings is 1. The van der Waals surface area contributed by atoms with Crippen molar-refractivity contribution >= 4 is 27.8 Å². The van der Waals surface area contributed by atoms with Crippen molar-refractivity contribution in [2.24, 2.45) is 5.92 Å². The molecule has 4 nitrogen and oxygen atoms in total. The molecule has 1 atom stereocenters. The summed E-state index contributed by atoms with van der Waals surface area (Å²) in [5.74, 6) is -0.476. The Morgan fingerprint density at radius 3 is 2.79 bits per heavy atom. The predicted octanol–water partition coefficient (Wildman–Crippen LogP) is 2.47. The summed E-state index contributed by atoms with van der Waals surface area (Å²) in [6.45, 7) is 1.13. The van der Waals surface area contributed by atoms with Gasteiger partial charge in [0.25, 0.3) is 5.91 Å². The Morgan fingerprint density at radius 1 is 1.37 bits per heavy atom. The Morgan fingerprint density at radius 2 is 2.11 bits per heavy atom. The van der Waals surface area contributed by atoms with Gasteiger partial charge in [-0.3, -0.25) is 9.59 Å². The molecular weight excluding hydrogens is 310 g/mol. The van der Waals surface area contributed by atoms with E-state index >= 15 is 0 Å². The fraction of sp³-hybridized carbons (Fsp3) is 0.429. The van der Waals surface area contributed by atoms with E-state index in [1.807, 2.05) is 18.2 Å². The molecule has 1 amide bonds. The first kappa shape index (κ1) is 14.1. The van der Waals surface area contributed by atoms with E-state index in [2.05, 4.69) is 15.9 Å². The minimum absolute atomic E-state index is 0.0407. The fourth-order valence-electron chi connectivity index (χ4n) is 2.33. The van der Waals surface area contributed by atoms with Crippen molar-refractivity contribution < 1.29 is 14.3 Å². The smallest absolute Gasteiger partial charge is 0.310 e. The zero-order valence-corrected chi connectivity index (χ0v) is 12.4. The van der Waals surface area contributed by atoms with Gasteiger partial charge in [-0.1, -0.05) is 12.1 Å². The van der Waals surface area contributed by atoms with Gasteiger partial charge in [0.05, 0.1) is 18.6 Å². The second-order valence-electron chi connectivity index (χ2n) is 4.59. The van der Waals surface area contributed by atoms with E-state index in [-0.39, 0.29) is 17.8 Å². The van der Waals surface area contributed by atoms with Gasteiger partial charge in [0.2, 0.25) is 0 Å². The van der Waals surface area contributed by atoms with E-state index in [1.165, 1.54) is 7.11 Å². The monoisotopic (exact) mass is 325 g/mol. The lowest BCUT2D eigenvalue weighted by atomic mass is 9.97. The molecule has 1 fully saturated rings. The van der Waals surface area contributed by atoms with Crippen LogP contribution in [-0.4, -0.2) is 37.0 Å². The number of hydrogen-bond donors (Lipinski definition) is 0. The summed E-state index contributed by atoms with van der Waals surface area (Å²) in [6.07, 6.45) is 1.61. The van der Waals surface area contributed by atoms with Crippen LogP contribution < -0.4 is 0 Å². The van der Waals surface area contributed by atoms with Gasteiger partial charge in [-0.25, -0.2) is 0 Å². The minimum Gasteiger partial charge on any atom is -0.469 e. The van der Waals surface area contributed by atoms with Gasteiger partial charge in [-0.2, -0.15) is 0 Å². The largest absolute Gasteiger partial charge is 0.469 e. The molecule has 1 unspecified atom stereocenters. The maximum Gasteiger partial charge on any atom is 0.310 e. The van der Waals surface area contributed by atoms with Crippen LogP contribution in [0, 0.1) is 5.92 Å². The number of carbonyl (C=O) groups is 2. The number of piperidine rings is 1. The van der Waals surface area contributed by atoms with Crippen molar-refractivity contribution in [1.29, 1.82) is 0 Å². The standard InChI is InChI=1S/C14H16BrNO3/c1-19-14(18)10-5-4-8-16(9-10)13(17)11-6-2-3-7-12(11)15/h2-3,6-7,10H,4-5,8-9H2,1H3. The number of methoxy groups -OCH3 is 1. The molecule has 1 aliphatic rings. The number of amides is 1. The Balaban J connectivity index is 2.11. The molecule has 0 spiro atoms. The molecule has 0 saturated carbocycles. The van der Waals surface area contributed by atoms with Gasteiger partial charge in [0.1, 0.15) is 0 Å². The third kappa shape index (κ3) is 3.15. The van der Waals surface area contributed by atoms with Crippen LogP contribution in [0.2, 0.25) is 0 Å². The van der Waals surface area contributed by atoms with Crippen LogP contribution in [0.4, 0.5) is 0 Å². The van der Waals surface area contributed by atoms with Crippen molar-refractivity contribution in [3.8, 4) is 0 Å². The number of carbonyl (C=O) groups excluding carboxylic acids is 2. The number of ether oxygens (including phenoxy) is 1. The third-order valence-corrected chi connectivity index (χ3v) is 4.04. The molecule has 1 aromatic rings. The molecule has 0 bridgehead atoms. The number of nitrogens with zero attached hydrogens (tertiary/aromatic N) is 1. The topological polar surface area (TPSA) is 46.6 Å². The van der Waals surface area contributed by atoms with Crippen LogP contribution in [0.3, 0.4) is 0 Å². The zero-order valence-electron chi connectivity index (χ0n) is 10.8. The number of halogens is 1. The Kier molecular flexibility index (Phi) is 4.58. The summed E-state index contributed by atoms with van der Waals surface area (Å²) >= 11 is 3.38. The van der Waals surface area contributed by atoms with Crippen LogP contribution in [-0.2, 0) is 9.53 Å². The first-order chi connectivity index (χ1) is 9.13. The average Bonchev–Trinajstić information content (AvgIpc) is 2.46. The van der Waals surface area contributed by atoms with E-state index in [1.54, 1.807) is 11.0 Å². The van der Waals surface area contributed by atoms with E-state index in [0.717, 1.165) is 17.3 Å². The molecule has 2 rings (SSSR count). The van der Waals surface area contributed by atoms with Gasteiger partial charge in [-0.15, -0.1) is 0 Å². The summed E-state index contributed by atoms with van der Waals surface area (Å²) in [5.41, 5.74) is 0.632. The van der Waals surface area contributed by atoms with Crippen LogP contribution in [0.5, 0.6) is 0 Å². The number of esters is 1. The lowest BCUT2D eigenvalue weighted by molar-refractivity contribution is -0.146. The Hall–Kier alpha value is -1.36.